The second-order valence-electron chi connectivity index (χ2n) is 7.53. The van der Waals surface area contributed by atoms with E-state index in [0.29, 0.717) is 6.54 Å². The highest BCUT2D eigenvalue weighted by Gasteiger charge is 2.20. The molecule has 4 nitrogen and oxygen atoms in total. The number of carbonyl (C=O) groups is 1. The van der Waals surface area contributed by atoms with Crippen LogP contribution in [0.2, 0.25) is 0 Å². The van der Waals surface area contributed by atoms with Crippen LogP contribution >= 0.6 is 0 Å². The molecule has 0 saturated heterocycles. The lowest BCUT2D eigenvalue weighted by Crippen LogP contribution is -2.28. The van der Waals surface area contributed by atoms with Crippen LogP contribution in [0.25, 0.3) is 22.6 Å². The van der Waals surface area contributed by atoms with E-state index in [9.17, 15) is 4.79 Å². The number of aromatic nitrogens is 2. The van der Waals surface area contributed by atoms with E-state index in [1.54, 1.807) is 6.92 Å². The predicted octanol–water partition coefficient (Wildman–Crippen LogP) is 5.91. The fraction of sp³-hybridized carbons (Fsp3) is 0.154. The van der Waals surface area contributed by atoms with Crippen LogP contribution in [-0.2, 0) is 11.3 Å². The first-order chi connectivity index (χ1) is 14.5. The van der Waals surface area contributed by atoms with Gasteiger partial charge in [-0.2, -0.15) is 0 Å². The second kappa shape index (κ2) is 8.37. The number of nitrogens with zero attached hydrogens (tertiary/aromatic N) is 2. The Bertz CT molecular complexity index is 1160. The molecule has 0 aliphatic carbocycles. The maximum atomic E-state index is 12.6. The molecule has 150 valence electrons. The van der Waals surface area contributed by atoms with Gasteiger partial charge in [-0.1, -0.05) is 78.4 Å². The van der Waals surface area contributed by atoms with Crippen molar-refractivity contribution < 1.29 is 4.79 Å². The zero-order valence-corrected chi connectivity index (χ0v) is 17.5. The van der Waals surface area contributed by atoms with E-state index in [1.807, 2.05) is 66.4 Å². The summed E-state index contributed by atoms with van der Waals surface area (Å²) in [5, 5.41) is 0. The zero-order valence-electron chi connectivity index (χ0n) is 17.5. The van der Waals surface area contributed by atoms with Crippen LogP contribution in [0.1, 0.15) is 23.7 Å². The van der Waals surface area contributed by atoms with Gasteiger partial charge in [-0.3, -0.25) is 4.79 Å². The van der Waals surface area contributed by atoms with Crippen LogP contribution in [0.15, 0.2) is 78.9 Å². The van der Waals surface area contributed by atoms with Crippen molar-refractivity contribution in [2.75, 3.05) is 4.90 Å². The van der Waals surface area contributed by atoms with Gasteiger partial charge < -0.3 is 9.88 Å². The van der Waals surface area contributed by atoms with Crippen molar-refractivity contribution in [3.05, 3.63) is 95.7 Å². The molecule has 0 fully saturated rings. The molecule has 0 aliphatic heterocycles. The van der Waals surface area contributed by atoms with Crippen molar-refractivity contribution >= 4 is 11.6 Å². The van der Waals surface area contributed by atoms with Crippen molar-refractivity contribution in [3.63, 3.8) is 0 Å². The number of carbonyl (C=O) groups excluding carboxylic acids is 1. The maximum absolute atomic E-state index is 12.6. The molecule has 1 aromatic heterocycles. The van der Waals surface area contributed by atoms with E-state index in [4.69, 9.17) is 4.98 Å². The highest BCUT2D eigenvalue weighted by Crippen LogP contribution is 2.34. The molecule has 1 heterocycles. The fourth-order valence-electron chi connectivity index (χ4n) is 3.61. The van der Waals surface area contributed by atoms with E-state index in [2.05, 4.69) is 36.2 Å². The monoisotopic (exact) mass is 395 g/mol. The highest BCUT2D eigenvalue weighted by atomic mass is 16.2. The lowest BCUT2D eigenvalue weighted by molar-refractivity contribution is -0.116. The topological polar surface area (TPSA) is 49.0 Å². The van der Waals surface area contributed by atoms with Crippen molar-refractivity contribution in [1.29, 1.82) is 0 Å². The van der Waals surface area contributed by atoms with Gasteiger partial charge in [0.2, 0.25) is 5.91 Å². The summed E-state index contributed by atoms with van der Waals surface area (Å²) in [6.07, 6.45) is 0. The summed E-state index contributed by atoms with van der Waals surface area (Å²) in [6, 6.07) is 26.3. The highest BCUT2D eigenvalue weighted by molar-refractivity contribution is 5.96. The van der Waals surface area contributed by atoms with Gasteiger partial charge in [-0.05, 0) is 25.5 Å². The Kier molecular flexibility index (Phi) is 5.48. The molecule has 0 spiro atoms. The number of hydrogen-bond donors (Lipinski definition) is 1. The van der Waals surface area contributed by atoms with E-state index < -0.39 is 0 Å². The lowest BCUT2D eigenvalue weighted by Gasteiger charge is -2.24. The number of imidazole rings is 1. The van der Waals surface area contributed by atoms with Crippen LogP contribution in [0.5, 0.6) is 0 Å². The van der Waals surface area contributed by atoms with Crippen LogP contribution in [0.3, 0.4) is 0 Å². The predicted molar refractivity (Wildman–Crippen MR) is 122 cm³/mol. The molecule has 4 heteroatoms. The van der Waals surface area contributed by atoms with Gasteiger partial charge in [0.25, 0.3) is 0 Å². The molecule has 4 aromatic rings. The largest absolute Gasteiger partial charge is 0.342 e. The fourth-order valence-corrected chi connectivity index (χ4v) is 3.61. The quantitative estimate of drug-likeness (QED) is 0.456. The van der Waals surface area contributed by atoms with Crippen molar-refractivity contribution in [2.24, 2.45) is 0 Å². The number of aryl methyl sites for hydroxylation is 2. The van der Waals surface area contributed by atoms with E-state index in [1.165, 1.54) is 5.56 Å². The lowest BCUT2D eigenvalue weighted by atomic mass is 10.1. The number of rotatable bonds is 5. The Morgan fingerprint density at radius 1 is 0.900 bits per heavy atom. The summed E-state index contributed by atoms with van der Waals surface area (Å²) < 4.78 is 0. The summed E-state index contributed by atoms with van der Waals surface area (Å²) in [5.41, 5.74) is 6.96. The number of para-hydroxylation sites is 1. The molecule has 0 unspecified atom stereocenters. The zero-order chi connectivity index (χ0) is 21.1. The minimum Gasteiger partial charge on any atom is -0.342 e. The number of amides is 1. The normalized spacial score (nSPS) is 10.8. The molecule has 4 rings (SSSR count). The van der Waals surface area contributed by atoms with Gasteiger partial charge >= 0.3 is 0 Å². The summed E-state index contributed by atoms with van der Waals surface area (Å²) in [6.45, 7) is 6.20. The first kappa shape index (κ1) is 19.6. The molecule has 0 saturated carbocycles. The number of hydrogen-bond acceptors (Lipinski definition) is 2. The SMILES string of the molecule is CC(=O)N(Cc1ccc(C)cc1)c1ccccc1-c1nc(-c2ccccc2)[nH]c1C. The third-order valence-corrected chi connectivity index (χ3v) is 5.22. The van der Waals surface area contributed by atoms with Crippen LogP contribution < -0.4 is 4.90 Å². The number of H-pyrrole nitrogens is 1. The molecule has 0 radical (unpaired) electrons. The van der Waals surface area contributed by atoms with E-state index >= 15 is 0 Å². The van der Waals surface area contributed by atoms with Gasteiger partial charge in [-0.25, -0.2) is 4.98 Å². The van der Waals surface area contributed by atoms with E-state index in [-0.39, 0.29) is 5.91 Å². The Hall–Kier alpha value is -3.66. The molecule has 0 atom stereocenters. The molecule has 0 bridgehead atoms. The van der Waals surface area contributed by atoms with E-state index in [0.717, 1.165) is 39.6 Å². The smallest absolute Gasteiger partial charge is 0.224 e. The Morgan fingerprint density at radius 2 is 1.57 bits per heavy atom. The number of aromatic amines is 1. The average molecular weight is 396 g/mol. The van der Waals surface area contributed by atoms with Gasteiger partial charge in [-0.15, -0.1) is 0 Å². The average Bonchev–Trinajstić information content (AvgIpc) is 3.15. The molecule has 0 aliphatic rings. The van der Waals surface area contributed by atoms with Crippen molar-refractivity contribution in [2.45, 2.75) is 27.3 Å². The second-order valence-corrected chi connectivity index (χ2v) is 7.53. The molecule has 1 amide bonds. The number of nitrogens with one attached hydrogen (secondary N) is 1. The minimum atomic E-state index is -0.000466. The van der Waals surface area contributed by atoms with Gasteiger partial charge in [0, 0.05) is 23.7 Å². The first-order valence-electron chi connectivity index (χ1n) is 10.1. The van der Waals surface area contributed by atoms with Crippen molar-refractivity contribution in [1.82, 2.24) is 9.97 Å². The Labute approximate surface area is 177 Å². The third kappa shape index (κ3) is 4.03. The van der Waals surface area contributed by atoms with Crippen LogP contribution in [0.4, 0.5) is 5.69 Å². The number of anilines is 1. The molecule has 1 N–H and O–H groups in total. The summed E-state index contributed by atoms with van der Waals surface area (Å²) in [7, 11) is 0. The summed E-state index contributed by atoms with van der Waals surface area (Å²) >= 11 is 0. The third-order valence-electron chi connectivity index (χ3n) is 5.22. The van der Waals surface area contributed by atoms with Gasteiger partial charge in [0.05, 0.1) is 17.9 Å². The molecular weight excluding hydrogens is 370 g/mol. The Balaban J connectivity index is 1.75. The standard InChI is InChI=1S/C26H25N3O/c1-18-13-15-21(16-14-18)17-29(20(3)30)24-12-8-7-11-23(24)25-19(2)27-26(28-25)22-9-5-4-6-10-22/h4-16H,17H2,1-3H3,(H,27,28). The molecular formula is C26H25N3O. The van der Waals surface area contributed by atoms with Crippen LogP contribution in [0, 0.1) is 13.8 Å². The van der Waals surface area contributed by atoms with Gasteiger partial charge in [0.15, 0.2) is 0 Å². The summed E-state index contributed by atoms with van der Waals surface area (Å²) in [4.78, 5) is 22.7. The first-order valence-corrected chi connectivity index (χ1v) is 10.1. The Morgan fingerprint density at radius 3 is 2.27 bits per heavy atom. The summed E-state index contributed by atoms with van der Waals surface area (Å²) in [5.74, 6) is 0.824. The minimum absolute atomic E-state index is 0.000466. The number of benzene rings is 3. The van der Waals surface area contributed by atoms with Crippen LogP contribution in [-0.4, -0.2) is 15.9 Å². The van der Waals surface area contributed by atoms with Gasteiger partial charge in [0.1, 0.15) is 5.82 Å². The van der Waals surface area contributed by atoms with Crippen molar-refractivity contribution in [3.8, 4) is 22.6 Å². The molecule has 3 aromatic carbocycles. The molecule has 30 heavy (non-hydrogen) atoms. The maximum Gasteiger partial charge on any atom is 0.224 e.